The summed E-state index contributed by atoms with van der Waals surface area (Å²) < 4.78 is 11.7. The highest BCUT2D eigenvalue weighted by atomic mass is 16.5. The second-order valence-electron chi connectivity index (χ2n) is 5.56. The van der Waals surface area contributed by atoms with E-state index in [9.17, 15) is 5.11 Å². The van der Waals surface area contributed by atoms with Crippen molar-refractivity contribution in [3.8, 4) is 5.75 Å². The Kier molecular flexibility index (Phi) is 2.76. The van der Waals surface area contributed by atoms with Crippen LogP contribution in [0.4, 0.5) is 0 Å². The van der Waals surface area contributed by atoms with E-state index in [2.05, 4.69) is 0 Å². The second-order valence-corrected chi connectivity index (χ2v) is 5.56. The average Bonchev–Trinajstić information content (AvgIpc) is 3.11. The standard InChI is InChI=1S/C18H16O3/c1-11-5-4-7-13-10-16(21-18(11)13)17(19)15-9-12-6-2-3-8-14(12)20-15/h2-8,10,15,17,19H,9H2,1H3. The van der Waals surface area contributed by atoms with Gasteiger partial charge in [-0.3, -0.25) is 0 Å². The summed E-state index contributed by atoms with van der Waals surface area (Å²) >= 11 is 0. The van der Waals surface area contributed by atoms with Crippen LogP contribution in [-0.4, -0.2) is 11.2 Å². The lowest BCUT2D eigenvalue weighted by molar-refractivity contribution is 0.0351. The average molecular weight is 280 g/mol. The Morgan fingerprint density at radius 2 is 2.00 bits per heavy atom. The zero-order valence-corrected chi connectivity index (χ0v) is 11.7. The normalized spacial score (nSPS) is 18.5. The van der Waals surface area contributed by atoms with Crippen LogP contribution in [0.3, 0.4) is 0 Å². The highest BCUT2D eigenvalue weighted by Gasteiger charge is 2.32. The first-order valence-corrected chi connectivity index (χ1v) is 7.14. The minimum atomic E-state index is -0.760. The molecule has 2 atom stereocenters. The van der Waals surface area contributed by atoms with Gasteiger partial charge in [0.15, 0.2) is 0 Å². The monoisotopic (exact) mass is 280 g/mol. The number of para-hydroxylation sites is 2. The lowest BCUT2D eigenvalue weighted by Crippen LogP contribution is -2.22. The lowest BCUT2D eigenvalue weighted by Gasteiger charge is -2.15. The maximum Gasteiger partial charge on any atom is 0.149 e. The molecule has 0 bridgehead atoms. The molecule has 1 aliphatic rings. The molecular weight excluding hydrogens is 264 g/mol. The molecule has 4 rings (SSSR count). The molecule has 1 N–H and O–H groups in total. The number of aliphatic hydroxyl groups is 1. The van der Waals surface area contributed by atoms with E-state index in [1.165, 1.54) is 0 Å². The number of benzene rings is 2. The van der Waals surface area contributed by atoms with Crippen molar-refractivity contribution in [1.29, 1.82) is 0 Å². The predicted molar refractivity (Wildman–Crippen MR) is 80.5 cm³/mol. The Morgan fingerprint density at radius 3 is 2.81 bits per heavy atom. The van der Waals surface area contributed by atoms with Gasteiger partial charge in [0, 0.05) is 11.8 Å². The molecule has 0 saturated carbocycles. The fourth-order valence-corrected chi connectivity index (χ4v) is 2.94. The Labute approximate surface area is 122 Å². The van der Waals surface area contributed by atoms with Gasteiger partial charge in [0.1, 0.15) is 29.3 Å². The van der Waals surface area contributed by atoms with Gasteiger partial charge >= 0.3 is 0 Å². The topological polar surface area (TPSA) is 42.6 Å². The number of aryl methyl sites for hydroxylation is 1. The Balaban J connectivity index is 1.66. The molecule has 2 aromatic carbocycles. The zero-order valence-electron chi connectivity index (χ0n) is 11.7. The first-order valence-electron chi connectivity index (χ1n) is 7.14. The van der Waals surface area contributed by atoms with Gasteiger partial charge < -0.3 is 14.3 Å². The third-order valence-electron chi connectivity index (χ3n) is 4.08. The van der Waals surface area contributed by atoms with Gasteiger partial charge in [-0.2, -0.15) is 0 Å². The number of furan rings is 1. The highest BCUT2D eigenvalue weighted by Crippen LogP contribution is 2.36. The maximum absolute atomic E-state index is 10.6. The van der Waals surface area contributed by atoms with E-state index in [0.717, 1.165) is 27.8 Å². The van der Waals surface area contributed by atoms with Crippen LogP contribution in [0.15, 0.2) is 52.9 Å². The van der Waals surface area contributed by atoms with Crippen molar-refractivity contribution in [3.05, 3.63) is 65.4 Å². The van der Waals surface area contributed by atoms with Crippen LogP contribution in [0.25, 0.3) is 11.0 Å². The van der Waals surface area contributed by atoms with Crippen LogP contribution in [0.1, 0.15) is 23.0 Å². The van der Waals surface area contributed by atoms with Crippen molar-refractivity contribution in [2.45, 2.75) is 25.6 Å². The quantitative estimate of drug-likeness (QED) is 0.777. The maximum atomic E-state index is 10.6. The largest absolute Gasteiger partial charge is 0.487 e. The molecule has 1 aromatic heterocycles. The Bertz CT molecular complexity index is 778. The molecule has 0 saturated heterocycles. The first-order chi connectivity index (χ1) is 10.2. The molecule has 0 amide bonds. The fraction of sp³-hybridized carbons (Fsp3) is 0.222. The first kappa shape index (κ1) is 12.5. The summed E-state index contributed by atoms with van der Waals surface area (Å²) in [6.07, 6.45) is -0.347. The number of rotatable bonds is 2. The summed E-state index contributed by atoms with van der Waals surface area (Å²) in [6.45, 7) is 2.00. The molecule has 21 heavy (non-hydrogen) atoms. The van der Waals surface area contributed by atoms with Crippen molar-refractivity contribution < 1.29 is 14.3 Å². The minimum absolute atomic E-state index is 0.289. The predicted octanol–water partition coefficient (Wildman–Crippen LogP) is 3.78. The zero-order chi connectivity index (χ0) is 14.4. The smallest absolute Gasteiger partial charge is 0.149 e. The second kappa shape index (κ2) is 4.64. The summed E-state index contributed by atoms with van der Waals surface area (Å²) in [7, 11) is 0. The van der Waals surface area contributed by atoms with E-state index in [0.29, 0.717) is 12.2 Å². The molecule has 0 aliphatic carbocycles. The molecule has 0 spiro atoms. The van der Waals surface area contributed by atoms with E-state index >= 15 is 0 Å². The molecule has 0 fully saturated rings. The van der Waals surface area contributed by atoms with Crippen molar-refractivity contribution in [2.75, 3.05) is 0 Å². The van der Waals surface area contributed by atoms with E-state index in [-0.39, 0.29) is 6.10 Å². The number of hydrogen-bond donors (Lipinski definition) is 1. The third kappa shape index (κ3) is 2.01. The van der Waals surface area contributed by atoms with Gasteiger partial charge in [-0.25, -0.2) is 0 Å². The summed E-state index contributed by atoms with van der Waals surface area (Å²) in [6, 6.07) is 15.8. The van der Waals surface area contributed by atoms with Crippen molar-refractivity contribution in [3.63, 3.8) is 0 Å². The molecule has 2 unspecified atom stereocenters. The van der Waals surface area contributed by atoms with Crippen molar-refractivity contribution in [1.82, 2.24) is 0 Å². The van der Waals surface area contributed by atoms with E-state index in [4.69, 9.17) is 9.15 Å². The molecule has 3 aromatic rings. The minimum Gasteiger partial charge on any atom is -0.487 e. The van der Waals surface area contributed by atoms with Crippen LogP contribution in [-0.2, 0) is 6.42 Å². The number of hydrogen-bond acceptors (Lipinski definition) is 3. The summed E-state index contributed by atoms with van der Waals surface area (Å²) in [5.41, 5.74) is 3.04. The van der Waals surface area contributed by atoms with Gasteiger partial charge in [0.05, 0.1) is 0 Å². The summed E-state index contributed by atoms with van der Waals surface area (Å²) in [5, 5.41) is 11.6. The Hall–Kier alpha value is -2.26. The van der Waals surface area contributed by atoms with Crippen LogP contribution < -0.4 is 4.74 Å². The molecule has 2 heterocycles. The van der Waals surface area contributed by atoms with E-state index < -0.39 is 6.10 Å². The molecule has 3 heteroatoms. The van der Waals surface area contributed by atoms with Gasteiger partial charge in [-0.1, -0.05) is 36.4 Å². The highest BCUT2D eigenvalue weighted by molar-refractivity contribution is 5.81. The van der Waals surface area contributed by atoms with Crippen LogP contribution >= 0.6 is 0 Å². The van der Waals surface area contributed by atoms with Gasteiger partial charge in [0.2, 0.25) is 0 Å². The summed E-state index contributed by atoms with van der Waals surface area (Å²) in [5.74, 6) is 1.42. The molecule has 1 aliphatic heterocycles. The lowest BCUT2D eigenvalue weighted by atomic mass is 10.0. The van der Waals surface area contributed by atoms with Gasteiger partial charge in [-0.15, -0.1) is 0 Å². The third-order valence-corrected chi connectivity index (χ3v) is 4.08. The van der Waals surface area contributed by atoms with Gasteiger partial charge in [0.25, 0.3) is 0 Å². The molecule has 0 radical (unpaired) electrons. The molecular formula is C18H16O3. The van der Waals surface area contributed by atoms with Crippen molar-refractivity contribution in [2.24, 2.45) is 0 Å². The number of ether oxygens (including phenoxy) is 1. The SMILES string of the molecule is Cc1cccc2cc(C(O)C3Cc4ccccc4O3)oc12. The van der Waals surface area contributed by atoms with Crippen LogP contribution in [0.5, 0.6) is 5.75 Å². The Morgan fingerprint density at radius 1 is 1.14 bits per heavy atom. The van der Waals surface area contributed by atoms with Crippen LogP contribution in [0.2, 0.25) is 0 Å². The summed E-state index contributed by atoms with van der Waals surface area (Å²) in [4.78, 5) is 0. The number of aliphatic hydroxyl groups excluding tert-OH is 1. The number of fused-ring (bicyclic) bond motifs is 2. The fourth-order valence-electron chi connectivity index (χ4n) is 2.94. The van der Waals surface area contributed by atoms with E-state index in [1.54, 1.807) is 0 Å². The molecule has 3 nitrogen and oxygen atoms in total. The van der Waals surface area contributed by atoms with Crippen molar-refractivity contribution >= 4 is 11.0 Å². The molecule has 106 valence electrons. The van der Waals surface area contributed by atoms with E-state index in [1.807, 2.05) is 55.5 Å². The van der Waals surface area contributed by atoms with Crippen LogP contribution in [0, 0.1) is 6.92 Å². The van der Waals surface area contributed by atoms with Gasteiger partial charge in [-0.05, 0) is 30.2 Å².